The molecule has 3 aromatic carbocycles. The third-order valence-corrected chi connectivity index (χ3v) is 4.83. The maximum Gasteiger partial charge on any atom is 0.294 e. The van der Waals surface area contributed by atoms with Gasteiger partial charge in [0.2, 0.25) is 0 Å². The third-order valence-electron chi connectivity index (χ3n) is 4.00. The van der Waals surface area contributed by atoms with E-state index in [2.05, 4.69) is 5.32 Å². The second-order valence-electron chi connectivity index (χ2n) is 5.88. The molecule has 134 valence electrons. The highest BCUT2D eigenvalue weighted by Crippen LogP contribution is 2.31. The molecule has 8 heteroatoms. The molecule has 0 saturated heterocycles. The molecule has 3 rings (SSSR count). The lowest BCUT2D eigenvalue weighted by molar-refractivity contribution is 0.102. The van der Waals surface area contributed by atoms with Crippen LogP contribution < -0.4 is 11.1 Å². The van der Waals surface area contributed by atoms with Crippen molar-refractivity contribution in [1.29, 1.82) is 0 Å². The number of aryl methyl sites for hydroxylation is 1. The number of rotatable bonds is 3. The van der Waals surface area contributed by atoms with Crippen molar-refractivity contribution in [3.8, 4) is 5.75 Å². The minimum Gasteiger partial charge on any atom is -0.507 e. The van der Waals surface area contributed by atoms with Crippen LogP contribution in [-0.2, 0) is 10.1 Å². The molecule has 0 saturated carbocycles. The minimum atomic E-state index is -4.43. The number of nitrogens with two attached hydrogens (primary N) is 1. The average molecular weight is 372 g/mol. The average Bonchev–Trinajstić information content (AvgIpc) is 2.56. The van der Waals surface area contributed by atoms with Gasteiger partial charge in [0.15, 0.2) is 0 Å². The maximum atomic E-state index is 12.3. The number of nitrogens with one attached hydrogen (secondary N) is 1. The molecule has 26 heavy (non-hydrogen) atoms. The van der Waals surface area contributed by atoms with Gasteiger partial charge in [0.25, 0.3) is 16.0 Å². The van der Waals surface area contributed by atoms with E-state index in [1.165, 1.54) is 18.2 Å². The summed E-state index contributed by atoms with van der Waals surface area (Å²) >= 11 is 0. The van der Waals surface area contributed by atoms with Gasteiger partial charge in [0.05, 0.1) is 4.90 Å². The second-order valence-corrected chi connectivity index (χ2v) is 7.30. The fourth-order valence-electron chi connectivity index (χ4n) is 2.52. The van der Waals surface area contributed by atoms with Gasteiger partial charge < -0.3 is 16.2 Å². The summed E-state index contributed by atoms with van der Waals surface area (Å²) in [6, 6.07) is 11.7. The van der Waals surface area contributed by atoms with Crippen LogP contribution >= 0.6 is 0 Å². The van der Waals surface area contributed by atoms with Crippen LogP contribution in [0.3, 0.4) is 0 Å². The Labute approximate surface area is 149 Å². The zero-order valence-electron chi connectivity index (χ0n) is 13.7. The van der Waals surface area contributed by atoms with Crippen molar-refractivity contribution < 1.29 is 22.9 Å². The number of anilines is 2. The Kier molecular flexibility index (Phi) is 4.31. The van der Waals surface area contributed by atoms with Crippen molar-refractivity contribution in [3.05, 3.63) is 59.7 Å². The summed E-state index contributed by atoms with van der Waals surface area (Å²) < 4.78 is 31.6. The maximum absolute atomic E-state index is 12.3. The number of carbonyl (C=O) groups is 1. The first kappa shape index (κ1) is 17.7. The predicted molar refractivity (Wildman–Crippen MR) is 99.0 cm³/mol. The number of nitrogen functional groups attached to an aromatic ring is 1. The van der Waals surface area contributed by atoms with E-state index in [-0.39, 0.29) is 11.7 Å². The molecule has 0 unspecified atom stereocenters. The molecule has 0 radical (unpaired) electrons. The van der Waals surface area contributed by atoms with Crippen LogP contribution in [0.25, 0.3) is 10.8 Å². The molecule has 3 aromatic rings. The lowest BCUT2D eigenvalue weighted by atomic mass is 10.1. The van der Waals surface area contributed by atoms with E-state index >= 15 is 0 Å². The van der Waals surface area contributed by atoms with Crippen molar-refractivity contribution in [2.24, 2.45) is 0 Å². The monoisotopic (exact) mass is 372 g/mol. The molecule has 0 fully saturated rings. The second kappa shape index (κ2) is 6.32. The van der Waals surface area contributed by atoms with Crippen molar-refractivity contribution in [3.63, 3.8) is 0 Å². The zero-order valence-corrected chi connectivity index (χ0v) is 14.5. The fourth-order valence-corrected chi connectivity index (χ4v) is 3.06. The van der Waals surface area contributed by atoms with Crippen LogP contribution in [0.4, 0.5) is 11.4 Å². The molecule has 7 nitrogen and oxygen atoms in total. The number of amides is 1. The Hall–Kier alpha value is -3.10. The van der Waals surface area contributed by atoms with Crippen molar-refractivity contribution >= 4 is 38.2 Å². The van der Waals surface area contributed by atoms with E-state index in [1.54, 1.807) is 24.3 Å². The number of phenolic OH excluding ortho intramolecular Hbond substituents is 1. The number of hydrogen-bond acceptors (Lipinski definition) is 5. The third kappa shape index (κ3) is 3.46. The summed E-state index contributed by atoms with van der Waals surface area (Å²) in [5.41, 5.74) is 7.99. The van der Waals surface area contributed by atoms with Crippen LogP contribution in [0.1, 0.15) is 15.9 Å². The Morgan fingerprint density at radius 2 is 1.81 bits per heavy atom. The molecule has 0 heterocycles. The van der Waals surface area contributed by atoms with E-state index < -0.39 is 15.0 Å². The number of phenols is 1. The summed E-state index contributed by atoms with van der Waals surface area (Å²) in [4.78, 5) is 11.9. The Morgan fingerprint density at radius 1 is 1.08 bits per heavy atom. The number of benzene rings is 3. The van der Waals surface area contributed by atoms with Gasteiger partial charge >= 0.3 is 0 Å². The number of aromatic hydroxyl groups is 1. The minimum absolute atomic E-state index is 0.328. The molecule has 0 bridgehead atoms. The van der Waals surface area contributed by atoms with E-state index in [0.29, 0.717) is 27.7 Å². The summed E-state index contributed by atoms with van der Waals surface area (Å²) in [6.45, 7) is 1.84. The summed E-state index contributed by atoms with van der Waals surface area (Å²) in [5.74, 6) is -0.698. The number of fused-ring (bicyclic) bond motifs is 1. The molecule has 5 N–H and O–H groups in total. The molecular weight excluding hydrogens is 356 g/mol. The fraction of sp³-hybridized carbons (Fsp3) is 0.0556. The quantitative estimate of drug-likeness (QED) is 0.413. The Balaban J connectivity index is 1.95. The van der Waals surface area contributed by atoms with Crippen LogP contribution in [0.5, 0.6) is 5.75 Å². The number of carbonyl (C=O) groups excluding carboxylic acids is 1. The molecule has 0 aliphatic rings. The highest BCUT2D eigenvalue weighted by atomic mass is 32.2. The van der Waals surface area contributed by atoms with Crippen LogP contribution in [-0.4, -0.2) is 24.0 Å². The summed E-state index contributed by atoms with van der Waals surface area (Å²) in [6.07, 6.45) is 0. The van der Waals surface area contributed by atoms with Crippen LogP contribution in [0.15, 0.2) is 53.4 Å². The lowest BCUT2D eigenvalue weighted by Crippen LogP contribution is -2.12. The molecule has 0 aliphatic heterocycles. The highest BCUT2D eigenvalue weighted by Gasteiger charge is 2.14. The first-order valence-electron chi connectivity index (χ1n) is 7.57. The van der Waals surface area contributed by atoms with Crippen LogP contribution in [0.2, 0.25) is 0 Å². The van der Waals surface area contributed by atoms with Crippen molar-refractivity contribution in [2.45, 2.75) is 11.8 Å². The first-order chi connectivity index (χ1) is 12.1. The Morgan fingerprint density at radius 3 is 2.46 bits per heavy atom. The predicted octanol–water partition coefficient (Wildman–Crippen LogP) is 2.94. The van der Waals surface area contributed by atoms with Gasteiger partial charge in [0, 0.05) is 28.4 Å². The molecular formula is C18H16N2O5S. The normalized spacial score (nSPS) is 11.5. The van der Waals surface area contributed by atoms with Gasteiger partial charge in [-0.1, -0.05) is 12.1 Å². The molecule has 1 amide bonds. The number of hydrogen-bond donors (Lipinski definition) is 4. The lowest BCUT2D eigenvalue weighted by Gasteiger charge is -2.10. The van der Waals surface area contributed by atoms with E-state index in [0.717, 1.165) is 11.6 Å². The standard InChI is InChI=1S/C18H16N2O5S/c1-10-2-3-12(7-16(10)19)18(22)20-13-5-4-11-6-14(26(23,24)25)9-17(21)15(11)8-13/h2-9,21H,19H2,1H3,(H,20,22)(H,23,24,25). The zero-order chi connectivity index (χ0) is 19.1. The van der Waals surface area contributed by atoms with Crippen LogP contribution in [0, 0.1) is 6.92 Å². The van der Waals surface area contributed by atoms with Gasteiger partial charge in [-0.3, -0.25) is 9.35 Å². The Bertz CT molecular complexity index is 1140. The smallest absolute Gasteiger partial charge is 0.294 e. The first-order valence-corrected chi connectivity index (χ1v) is 9.01. The molecule has 0 spiro atoms. The SMILES string of the molecule is Cc1ccc(C(=O)Nc2ccc3cc(S(=O)(=O)O)cc(O)c3c2)cc1N. The van der Waals surface area contributed by atoms with Crippen molar-refractivity contribution in [2.75, 3.05) is 11.1 Å². The molecule has 0 atom stereocenters. The van der Waals surface area contributed by atoms with E-state index in [9.17, 15) is 18.3 Å². The summed E-state index contributed by atoms with van der Waals surface area (Å²) in [5, 5.41) is 13.5. The highest BCUT2D eigenvalue weighted by molar-refractivity contribution is 7.85. The van der Waals surface area contributed by atoms with E-state index in [4.69, 9.17) is 10.3 Å². The topological polar surface area (TPSA) is 130 Å². The van der Waals surface area contributed by atoms with Gasteiger partial charge in [-0.25, -0.2) is 0 Å². The molecule has 0 aliphatic carbocycles. The van der Waals surface area contributed by atoms with Gasteiger partial charge in [0.1, 0.15) is 5.75 Å². The van der Waals surface area contributed by atoms with Gasteiger partial charge in [-0.2, -0.15) is 8.42 Å². The molecule has 0 aromatic heterocycles. The van der Waals surface area contributed by atoms with Gasteiger partial charge in [-0.05, 0) is 48.2 Å². The van der Waals surface area contributed by atoms with Gasteiger partial charge in [-0.15, -0.1) is 0 Å². The van der Waals surface area contributed by atoms with E-state index in [1.807, 2.05) is 6.92 Å². The van der Waals surface area contributed by atoms with Crippen molar-refractivity contribution in [1.82, 2.24) is 0 Å². The largest absolute Gasteiger partial charge is 0.507 e. The summed E-state index contributed by atoms with van der Waals surface area (Å²) in [7, 11) is -4.43.